The molecule has 0 spiro atoms. The lowest BCUT2D eigenvalue weighted by atomic mass is 9.98. The fraction of sp³-hybridized carbons (Fsp3) is 0.312. The number of hydrogen-bond donors (Lipinski definition) is 0. The quantitative estimate of drug-likeness (QED) is 0.257. The molecule has 0 N–H and O–H groups in total. The lowest BCUT2D eigenvalue weighted by Gasteiger charge is -2.46. The molecule has 2 aliphatic rings. The first-order valence-electron chi connectivity index (χ1n) is 14.3. The summed E-state index contributed by atoms with van der Waals surface area (Å²) < 4.78 is 23.2. The number of ether oxygens (including phenoxy) is 1. The number of fused-ring (bicyclic) bond motifs is 2. The van der Waals surface area contributed by atoms with Gasteiger partial charge < -0.3 is 14.5 Å². The number of amides is 1. The summed E-state index contributed by atoms with van der Waals surface area (Å²) in [7, 11) is 0. The number of piperazine rings is 1. The van der Waals surface area contributed by atoms with E-state index in [1.807, 2.05) is 25.7 Å². The first kappa shape index (κ1) is 30.5. The largest absolute Gasteiger partial charge is 0.489 e. The Morgan fingerprint density at radius 1 is 1.27 bits per heavy atom. The van der Waals surface area contributed by atoms with E-state index in [1.165, 1.54) is 28.8 Å². The van der Waals surface area contributed by atoms with Gasteiger partial charge in [-0.15, -0.1) is 0 Å². The second-order valence-electron chi connectivity index (χ2n) is 11.2. The van der Waals surface area contributed by atoms with Gasteiger partial charge in [-0.2, -0.15) is 10.2 Å². The first-order valence-corrected chi connectivity index (χ1v) is 15.1. The van der Waals surface area contributed by atoms with Crippen LogP contribution < -0.4 is 15.3 Å². The second-order valence-corrected chi connectivity index (χ2v) is 12.0. The minimum absolute atomic E-state index is 0.00461. The van der Waals surface area contributed by atoms with E-state index in [9.17, 15) is 14.9 Å². The maximum absolute atomic E-state index is 15.4. The van der Waals surface area contributed by atoms with E-state index < -0.39 is 23.6 Å². The van der Waals surface area contributed by atoms with Crippen LogP contribution in [0.1, 0.15) is 37.4 Å². The predicted molar refractivity (Wildman–Crippen MR) is 170 cm³/mol. The molecule has 0 radical (unpaired) electrons. The molecule has 3 aromatic heterocycles. The van der Waals surface area contributed by atoms with E-state index in [0.29, 0.717) is 16.8 Å². The van der Waals surface area contributed by atoms with Gasteiger partial charge in [0.1, 0.15) is 28.7 Å². The van der Waals surface area contributed by atoms with Gasteiger partial charge in [-0.1, -0.05) is 49.7 Å². The summed E-state index contributed by atoms with van der Waals surface area (Å²) >= 11 is 13.5. The van der Waals surface area contributed by atoms with Crippen molar-refractivity contribution < 1.29 is 13.9 Å². The minimum atomic E-state index is -0.661. The monoisotopic (exact) mass is 647 g/mol. The third kappa shape index (κ3) is 4.89. The highest BCUT2D eigenvalue weighted by Gasteiger charge is 2.43. The van der Waals surface area contributed by atoms with Crippen LogP contribution in [0, 0.1) is 24.1 Å². The van der Waals surface area contributed by atoms with Crippen LogP contribution in [0.2, 0.25) is 10.0 Å². The second kappa shape index (κ2) is 11.8. The Morgan fingerprint density at radius 3 is 2.73 bits per heavy atom. The zero-order valence-electron chi connectivity index (χ0n) is 24.7. The molecule has 1 saturated heterocycles. The molecule has 0 bridgehead atoms. The Bertz CT molecular complexity index is 1970. The normalized spacial score (nSPS) is 17.5. The number of carbonyl (C=O) groups excluding carboxylic acids is 1. The highest BCUT2D eigenvalue weighted by Crippen LogP contribution is 2.47. The molecule has 1 fully saturated rings. The van der Waals surface area contributed by atoms with E-state index in [2.05, 4.69) is 22.6 Å². The smallest absolute Gasteiger partial charge is 0.355 e. The van der Waals surface area contributed by atoms with Crippen LogP contribution in [-0.4, -0.2) is 62.1 Å². The highest BCUT2D eigenvalue weighted by atomic mass is 35.5. The molecule has 1 amide bonds. The summed E-state index contributed by atoms with van der Waals surface area (Å²) in [5.41, 5.74) is 1.28. The first-order chi connectivity index (χ1) is 21.6. The summed E-state index contributed by atoms with van der Waals surface area (Å²) in [4.78, 5) is 44.4. The lowest BCUT2D eigenvalue weighted by molar-refractivity contribution is -0.129. The fourth-order valence-electron chi connectivity index (χ4n) is 6.23. The van der Waals surface area contributed by atoms with Gasteiger partial charge in [0.15, 0.2) is 11.4 Å². The number of pyridine rings is 2. The molecular weight excluding hydrogens is 620 g/mol. The van der Waals surface area contributed by atoms with Crippen LogP contribution in [0.25, 0.3) is 28.0 Å². The molecule has 2 atom stereocenters. The third-order valence-electron chi connectivity index (χ3n) is 8.28. The maximum atomic E-state index is 15.4. The minimum Gasteiger partial charge on any atom is -0.489 e. The van der Waals surface area contributed by atoms with Crippen molar-refractivity contribution >= 4 is 46.0 Å². The van der Waals surface area contributed by atoms with Crippen molar-refractivity contribution in [2.45, 2.75) is 45.2 Å². The summed E-state index contributed by atoms with van der Waals surface area (Å²) in [6.07, 6.45) is 2.87. The fourth-order valence-corrected chi connectivity index (χ4v) is 6.76. The summed E-state index contributed by atoms with van der Waals surface area (Å²) in [5, 5.41) is 10.1. The zero-order valence-corrected chi connectivity index (χ0v) is 26.2. The molecule has 45 heavy (non-hydrogen) atoms. The summed E-state index contributed by atoms with van der Waals surface area (Å²) in [6.45, 7) is 9.89. The van der Waals surface area contributed by atoms with Gasteiger partial charge in [0.05, 0.1) is 52.2 Å². The average Bonchev–Trinajstić information content (AvgIpc) is 3.17. The van der Waals surface area contributed by atoms with Gasteiger partial charge >= 0.3 is 5.69 Å². The number of carbonyl (C=O) groups is 1. The van der Waals surface area contributed by atoms with Crippen LogP contribution in [0.4, 0.5) is 10.2 Å². The van der Waals surface area contributed by atoms with Gasteiger partial charge in [0.25, 0.3) is 0 Å². The summed E-state index contributed by atoms with van der Waals surface area (Å²) in [5.74, 6) is -0.690. The average molecular weight is 649 g/mol. The Hall–Kier alpha value is -4.53. The number of nitriles is 1. The molecule has 6 rings (SSSR count). The van der Waals surface area contributed by atoms with Gasteiger partial charge in [0, 0.05) is 19.3 Å². The van der Waals surface area contributed by atoms with E-state index >= 15 is 4.39 Å². The van der Waals surface area contributed by atoms with Crippen LogP contribution in [0.15, 0.2) is 47.9 Å². The number of aromatic nitrogens is 4. The van der Waals surface area contributed by atoms with Crippen LogP contribution in [0.5, 0.6) is 5.75 Å². The van der Waals surface area contributed by atoms with Gasteiger partial charge in [-0.05, 0) is 42.7 Å². The maximum Gasteiger partial charge on any atom is 0.355 e. The Labute approximate surface area is 268 Å². The van der Waals surface area contributed by atoms with E-state index in [0.717, 1.165) is 5.56 Å². The van der Waals surface area contributed by atoms with E-state index in [-0.39, 0.29) is 76.5 Å². The predicted octanol–water partition coefficient (Wildman–Crippen LogP) is 5.60. The van der Waals surface area contributed by atoms with Crippen molar-refractivity contribution in [2.24, 2.45) is 0 Å². The summed E-state index contributed by atoms with van der Waals surface area (Å²) in [6, 6.07) is 6.99. The van der Waals surface area contributed by atoms with Crippen LogP contribution in [-0.2, 0) is 4.79 Å². The van der Waals surface area contributed by atoms with Crippen molar-refractivity contribution in [2.75, 3.05) is 24.6 Å². The van der Waals surface area contributed by atoms with Crippen LogP contribution >= 0.6 is 23.2 Å². The zero-order chi connectivity index (χ0) is 32.2. The number of hydrogen-bond acceptors (Lipinski definition) is 8. The Balaban J connectivity index is 1.72. The molecule has 2 unspecified atom stereocenters. The molecule has 10 nitrogen and oxygen atoms in total. The molecule has 230 valence electrons. The molecule has 2 aliphatic heterocycles. The molecule has 0 saturated carbocycles. The van der Waals surface area contributed by atoms with Crippen molar-refractivity contribution in [1.29, 1.82) is 5.26 Å². The van der Waals surface area contributed by atoms with Gasteiger partial charge in [-0.25, -0.2) is 18.7 Å². The van der Waals surface area contributed by atoms with Crippen molar-refractivity contribution in [3.8, 4) is 28.8 Å². The van der Waals surface area contributed by atoms with E-state index in [4.69, 9.17) is 32.9 Å². The molecule has 4 aromatic rings. The molecular formula is C32H28Cl2FN7O3. The van der Waals surface area contributed by atoms with Gasteiger partial charge in [0.2, 0.25) is 5.91 Å². The SMILES string of the molecule is C=CC(=O)N1CCN2c3nc(=O)n(-c4c(C)ccnc4C(C)C)c4nc(-c5c(F)cccc5Cl)c(Cl)c(c34)OCC2C1CC#N. The molecule has 5 heterocycles. The Morgan fingerprint density at radius 2 is 2.04 bits per heavy atom. The molecule has 1 aromatic carbocycles. The number of nitrogens with zero attached hydrogens (tertiary/aromatic N) is 7. The number of anilines is 1. The van der Waals surface area contributed by atoms with Crippen molar-refractivity contribution in [3.63, 3.8) is 0 Å². The molecule has 0 aliphatic carbocycles. The lowest BCUT2D eigenvalue weighted by Crippen LogP contribution is -2.62. The third-order valence-corrected chi connectivity index (χ3v) is 8.95. The topological polar surface area (TPSA) is 117 Å². The number of benzene rings is 1. The van der Waals surface area contributed by atoms with Crippen molar-refractivity contribution in [1.82, 2.24) is 24.4 Å². The molecule has 13 heteroatoms. The highest BCUT2D eigenvalue weighted by molar-refractivity contribution is 6.38. The number of halogens is 3. The van der Waals surface area contributed by atoms with Crippen LogP contribution in [0.3, 0.4) is 0 Å². The van der Waals surface area contributed by atoms with Crippen molar-refractivity contribution in [3.05, 3.63) is 80.7 Å². The Kier molecular flexibility index (Phi) is 7.97. The van der Waals surface area contributed by atoms with E-state index in [1.54, 1.807) is 17.2 Å². The number of aryl methyl sites for hydroxylation is 1. The van der Waals surface area contributed by atoms with Gasteiger partial charge in [-0.3, -0.25) is 9.78 Å². The number of rotatable bonds is 5. The standard InChI is InChI=1S/C32H28Cl2FN7O3/c1-5-22(43)40-13-14-41-21(20(40)9-11-36)15-45-29-24-30(41)39-32(44)42(28-17(4)10-12-37-26(28)16(2)3)31(24)38-27(25(29)34)23-18(33)7-6-8-19(23)35/h5-8,10,12,16,20-21H,1,9,13-15H2,2-4H3.